The predicted molar refractivity (Wildman–Crippen MR) is 84.6 cm³/mol. The number of imidazole rings is 1. The van der Waals surface area contributed by atoms with Crippen LogP contribution in [0.4, 0.5) is 5.82 Å². The maximum atomic E-state index is 12.7. The van der Waals surface area contributed by atoms with E-state index in [-0.39, 0.29) is 43.0 Å². The number of benzene rings is 1. The van der Waals surface area contributed by atoms with Gasteiger partial charge in [0, 0.05) is 29.6 Å². The van der Waals surface area contributed by atoms with Gasteiger partial charge in [-0.05, 0) is 29.2 Å². The topological polar surface area (TPSA) is 108 Å². The lowest BCUT2D eigenvalue weighted by atomic mass is 10.4. The quantitative estimate of drug-likeness (QED) is 0.597. The number of ether oxygens (including phenoxy) is 1. The Balaban J connectivity index is 1.83. The summed E-state index contributed by atoms with van der Waals surface area (Å²) >= 11 is 5.79. The molecule has 9 nitrogen and oxygen atoms in total. The van der Waals surface area contributed by atoms with Gasteiger partial charge in [0.25, 0.3) is 0 Å². The fourth-order valence-corrected chi connectivity index (χ4v) is 3.86. The highest BCUT2D eigenvalue weighted by atomic mass is 35.5. The average molecular weight is 373 g/mol. The highest BCUT2D eigenvalue weighted by Crippen LogP contribution is 2.22. The number of rotatable bonds is 3. The number of sulfonamides is 1. The van der Waals surface area contributed by atoms with Gasteiger partial charge in [0.05, 0.1) is 4.90 Å². The Labute approximate surface area is 142 Å². The third-order valence-electron chi connectivity index (χ3n) is 3.53. The van der Waals surface area contributed by atoms with E-state index in [1.807, 2.05) is 0 Å². The average Bonchev–Trinajstić information content (AvgIpc) is 2.90. The largest absolute Gasteiger partial charge is 0.444 e. The zero-order chi connectivity index (χ0) is 17.3. The smallest absolute Gasteiger partial charge is 0.414 e. The third kappa shape index (κ3) is 3.21. The lowest BCUT2D eigenvalue weighted by Crippen LogP contribution is -2.38. The van der Waals surface area contributed by atoms with E-state index in [9.17, 15) is 18.5 Å². The summed E-state index contributed by atoms with van der Waals surface area (Å²) in [6, 6.07) is 6.00. The minimum absolute atomic E-state index is 0.0426. The van der Waals surface area contributed by atoms with E-state index in [1.165, 1.54) is 39.3 Å². The second-order valence-corrected chi connectivity index (χ2v) is 7.41. The van der Waals surface area contributed by atoms with E-state index in [1.54, 1.807) is 0 Å². The van der Waals surface area contributed by atoms with Gasteiger partial charge < -0.3 is 14.9 Å². The summed E-state index contributed by atoms with van der Waals surface area (Å²) in [4.78, 5) is 14.1. The minimum Gasteiger partial charge on any atom is -0.444 e. The van der Waals surface area contributed by atoms with Crippen LogP contribution in [0.15, 0.2) is 35.4 Å². The fourth-order valence-electron chi connectivity index (χ4n) is 2.31. The number of aromatic nitrogens is 2. The Hall–Kier alpha value is -2.17. The van der Waals surface area contributed by atoms with Crippen molar-refractivity contribution in [2.45, 2.75) is 11.4 Å². The molecule has 2 aromatic rings. The zero-order valence-corrected chi connectivity index (χ0v) is 13.9. The van der Waals surface area contributed by atoms with Gasteiger partial charge in [0.1, 0.15) is 12.8 Å². The first-order valence-electron chi connectivity index (χ1n) is 6.98. The molecule has 0 aliphatic carbocycles. The second-order valence-electron chi connectivity index (χ2n) is 5.04. The van der Waals surface area contributed by atoms with Gasteiger partial charge in [0.2, 0.25) is 10.0 Å². The number of nitrogens with zero attached hydrogens (tertiary/aromatic N) is 4. The first-order valence-corrected chi connectivity index (χ1v) is 8.80. The van der Waals surface area contributed by atoms with Crippen molar-refractivity contribution in [3.05, 3.63) is 45.6 Å². The summed E-state index contributed by atoms with van der Waals surface area (Å²) in [6.45, 7) is 0.504. The van der Waals surface area contributed by atoms with Crippen LogP contribution in [0.3, 0.4) is 0 Å². The Morgan fingerprint density at radius 3 is 2.58 bits per heavy atom. The first kappa shape index (κ1) is 16.7. The van der Waals surface area contributed by atoms with E-state index < -0.39 is 14.9 Å². The summed E-state index contributed by atoms with van der Waals surface area (Å²) in [5.41, 5.74) is 0. The highest BCUT2D eigenvalue weighted by molar-refractivity contribution is 7.89. The molecule has 1 aromatic heterocycles. The van der Waals surface area contributed by atoms with Crippen LogP contribution in [0.25, 0.3) is 0 Å². The Morgan fingerprint density at radius 1 is 1.21 bits per heavy atom. The molecule has 11 heteroatoms. The lowest BCUT2D eigenvalue weighted by Gasteiger charge is -2.24. The normalized spacial score (nSPS) is 15.9. The van der Waals surface area contributed by atoms with Crippen LogP contribution in [-0.4, -0.2) is 46.9 Å². The molecule has 0 bridgehead atoms. The predicted octanol–water partition coefficient (Wildman–Crippen LogP) is 1.53. The molecule has 0 N–H and O–H groups in total. The summed E-state index contributed by atoms with van der Waals surface area (Å²) < 4.78 is 33.4. The molecule has 24 heavy (non-hydrogen) atoms. The molecule has 128 valence electrons. The molecule has 3 rings (SSSR count). The van der Waals surface area contributed by atoms with Gasteiger partial charge in [-0.15, -0.1) is 0 Å². The standard InChI is InChI=1S/C13H13ClN4O5S/c14-10-1-3-11(4-2-10)24(21,22)17-6-5-16-9-12(18(19)20)15-13(16)23-8-7-17/h1-4,9H,5-8H2. The monoisotopic (exact) mass is 372 g/mol. The van der Waals surface area contributed by atoms with E-state index in [2.05, 4.69) is 4.98 Å². The van der Waals surface area contributed by atoms with Crippen molar-refractivity contribution < 1.29 is 18.1 Å². The highest BCUT2D eigenvalue weighted by Gasteiger charge is 2.28. The number of hydrogen-bond acceptors (Lipinski definition) is 6. The van der Waals surface area contributed by atoms with Crippen LogP contribution < -0.4 is 4.74 Å². The van der Waals surface area contributed by atoms with Crippen molar-refractivity contribution in [2.24, 2.45) is 0 Å². The summed E-state index contributed by atoms with van der Waals surface area (Å²) in [5, 5.41) is 11.2. The van der Waals surface area contributed by atoms with Crippen LogP contribution in [0.5, 0.6) is 6.01 Å². The van der Waals surface area contributed by atoms with Gasteiger partial charge in [0.15, 0.2) is 0 Å². The van der Waals surface area contributed by atoms with Gasteiger partial charge in [-0.25, -0.2) is 8.42 Å². The van der Waals surface area contributed by atoms with E-state index in [0.717, 1.165) is 0 Å². The molecule has 0 atom stereocenters. The van der Waals surface area contributed by atoms with Crippen LogP contribution >= 0.6 is 11.6 Å². The van der Waals surface area contributed by atoms with Crippen molar-refractivity contribution in [1.82, 2.24) is 13.9 Å². The maximum Gasteiger partial charge on any atom is 0.414 e. The fraction of sp³-hybridized carbons (Fsp3) is 0.308. The molecule has 0 amide bonds. The van der Waals surface area contributed by atoms with Gasteiger partial charge in [-0.2, -0.15) is 4.31 Å². The molecule has 1 aliphatic rings. The van der Waals surface area contributed by atoms with Gasteiger partial charge in [-0.1, -0.05) is 11.6 Å². The van der Waals surface area contributed by atoms with Crippen molar-refractivity contribution in [3.8, 4) is 6.01 Å². The summed E-state index contributed by atoms with van der Waals surface area (Å²) in [6.07, 6.45) is 1.23. The summed E-state index contributed by atoms with van der Waals surface area (Å²) in [7, 11) is -3.70. The maximum absolute atomic E-state index is 12.7. The van der Waals surface area contributed by atoms with E-state index in [0.29, 0.717) is 5.02 Å². The van der Waals surface area contributed by atoms with Crippen molar-refractivity contribution in [3.63, 3.8) is 0 Å². The molecule has 0 unspecified atom stereocenters. The number of nitro groups is 1. The summed E-state index contributed by atoms with van der Waals surface area (Å²) in [5.74, 6) is -0.334. The van der Waals surface area contributed by atoms with Crippen molar-refractivity contribution in [1.29, 1.82) is 0 Å². The molecule has 0 saturated heterocycles. The Morgan fingerprint density at radius 2 is 1.92 bits per heavy atom. The number of halogens is 1. The molecule has 0 spiro atoms. The molecule has 0 fully saturated rings. The minimum atomic E-state index is -3.70. The molecule has 0 saturated carbocycles. The Bertz CT molecular complexity index is 865. The van der Waals surface area contributed by atoms with Gasteiger partial charge >= 0.3 is 11.8 Å². The molecular formula is C13H13ClN4O5S. The molecule has 1 aliphatic heterocycles. The number of fused-ring (bicyclic) bond motifs is 1. The lowest BCUT2D eigenvalue weighted by molar-refractivity contribution is -0.389. The first-order chi connectivity index (χ1) is 11.4. The Kier molecular flexibility index (Phi) is 4.43. The van der Waals surface area contributed by atoms with Crippen molar-refractivity contribution in [2.75, 3.05) is 19.7 Å². The van der Waals surface area contributed by atoms with E-state index >= 15 is 0 Å². The molecule has 2 heterocycles. The van der Waals surface area contributed by atoms with Crippen LogP contribution in [0.1, 0.15) is 0 Å². The molecule has 0 radical (unpaired) electrons. The van der Waals surface area contributed by atoms with Crippen LogP contribution in [0.2, 0.25) is 5.02 Å². The van der Waals surface area contributed by atoms with Gasteiger partial charge in [-0.3, -0.25) is 4.57 Å². The van der Waals surface area contributed by atoms with Crippen molar-refractivity contribution >= 4 is 27.4 Å². The van der Waals surface area contributed by atoms with Crippen LogP contribution in [-0.2, 0) is 16.6 Å². The van der Waals surface area contributed by atoms with Crippen LogP contribution in [0, 0.1) is 10.1 Å². The zero-order valence-electron chi connectivity index (χ0n) is 12.3. The number of hydrogen-bond donors (Lipinski definition) is 0. The molecular weight excluding hydrogens is 360 g/mol. The second kappa shape index (κ2) is 6.38. The third-order valence-corrected chi connectivity index (χ3v) is 5.69. The SMILES string of the molecule is O=[N+]([O-])c1cn2c(n1)OCCN(S(=O)(=O)c1ccc(Cl)cc1)CC2. The molecule has 1 aromatic carbocycles. The van der Waals surface area contributed by atoms with E-state index in [4.69, 9.17) is 16.3 Å².